The average Bonchev–Trinajstić information content (AvgIpc) is 3.57. The third kappa shape index (κ3) is 27.0. The molecule has 0 amide bonds. The van der Waals surface area contributed by atoms with Crippen molar-refractivity contribution in [2.24, 2.45) is 57.9 Å². The number of guanidine groups is 1. The molecule has 486 valence electrons. The number of hydrogen-bond acceptors (Lipinski definition) is 20. The van der Waals surface area contributed by atoms with Crippen molar-refractivity contribution in [3.8, 4) is 0 Å². The first-order chi connectivity index (χ1) is 39.2. The predicted molar refractivity (Wildman–Crippen MR) is 314 cm³/mol. The summed E-state index contributed by atoms with van der Waals surface area (Å²) < 4.78 is 17.5. The minimum atomic E-state index is -2.58. The van der Waals surface area contributed by atoms with Crippen LogP contribution >= 0.6 is 0 Å². The van der Waals surface area contributed by atoms with E-state index in [0.717, 1.165) is 31.3 Å². The van der Waals surface area contributed by atoms with Crippen molar-refractivity contribution in [2.75, 3.05) is 6.54 Å². The zero-order chi connectivity index (χ0) is 63.8. The van der Waals surface area contributed by atoms with Gasteiger partial charge in [-0.3, -0.25) is 19.4 Å². The number of fused-ring (bicyclic) bond motifs is 2. The smallest absolute Gasteiger partial charge is 0.317 e. The SMILES string of the molecule is C/C(=C\CCCCCN=C(N)N)C[C@H](C)[C@@H]1OC(=O)[C@H](C)[C@H](O)/C(C)=C/C[C@H](O)[C@@H](C)[C@@H](O)C[C@H](O)[C@H](C)[C@@H](O)CC[C@H](C)[C@@H](O)C[C@@]2(O)O[C@@H](C[C@H](OC(=O)CC(=O)O)C[C@@H](O)C[C@@H](O)C[C@H](O)[C@@H](C)[C@@H](O)/C=C/C=C/[C@H]1C)C[C@@H](O)[C@H]2O. The molecule has 84 heavy (non-hydrogen) atoms. The molecule has 0 spiro atoms. The molecule has 1 saturated heterocycles. The molecule has 1 fully saturated rings. The second kappa shape index (κ2) is 37.7. The van der Waals surface area contributed by atoms with Crippen LogP contribution in [0.4, 0.5) is 0 Å². The largest absolute Gasteiger partial charge is 0.481 e. The van der Waals surface area contributed by atoms with Crippen molar-refractivity contribution < 1.29 is 100 Å². The number of esters is 2. The number of cyclic esters (lactones) is 1. The molecule has 2 aliphatic heterocycles. The van der Waals surface area contributed by atoms with Crippen LogP contribution in [0, 0.1) is 41.4 Å². The van der Waals surface area contributed by atoms with Crippen molar-refractivity contribution in [3.05, 3.63) is 47.6 Å². The Morgan fingerprint density at radius 1 is 0.750 bits per heavy atom. The number of carbonyl (C=O) groups is 3. The quantitative estimate of drug-likeness (QED) is 0.0333. The van der Waals surface area contributed by atoms with E-state index in [9.17, 15) is 85.9 Å². The van der Waals surface area contributed by atoms with Crippen molar-refractivity contribution in [1.29, 1.82) is 0 Å². The van der Waals surface area contributed by atoms with Gasteiger partial charge in [0.15, 0.2) is 11.7 Å². The fraction of sp³-hybridized carbons (Fsp3) is 0.803. The lowest BCUT2D eigenvalue weighted by molar-refractivity contribution is -0.333. The molecule has 2 rings (SSSR count). The predicted octanol–water partition coefficient (Wildman–Crippen LogP) is 2.30. The Morgan fingerprint density at radius 2 is 1.36 bits per heavy atom. The van der Waals surface area contributed by atoms with E-state index in [1.54, 1.807) is 58.9 Å². The number of hydrogen-bond donors (Lipinski definition) is 16. The van der Waals surface area contributed by atoms with Crippen LogP contribution in [0.3, 0.4) is 0 Å². The molecule has 0 aromatic heterocycles. The van der Waals surface area contributed by atoms with Crippen LogP contribution in [0.15, 0.2) is 52.6 Å². The maximum Gasteiger partial charge on any atom is 0.317 e. The van der Waals surface area contributed by atoms with E-state index in [0.29, 0.717) is 18.5 Å². The molecule has 0 radical (unpaired) electrons. The summed E-state index contributed by atoms with van der Waals surface area (Å²) in [6.07, 6.45) is -8.86. The van der Waals surface area contributed by atoms with Gasteiger partial charge in [-0.1, -0.05) is 90.0 Å². The van der Waals surface area contributed by atoms with Crippen molar-refractivity contribution in [3.63, 3.8) is 0 Å². The van der Waals surface area contributed by atoms with Crippen LogP contribution in [0.5, 0.6) is 0 Å². The fourth-order valence-corrected chi connectivity index (χ4v) is 10.9. The minimum absolute atomic E-state index is 0.0197. The molecule has 23 heteroatoms. The van der Waals surface area contributed by atoms with Gasteiger partial charge in [-0.15, -0.1) is 0 Å². The summed E-state index contributed by atoms with van der Waals surface area (Å²) in [6.45, 7) is 15.9. The summed E-state index contributed by atoms with van der Waals surface area (Å²) in [4.78, 5) is 42.0. The number of ether oxygens (including phenoxy) is 3. The molecular formula is C61H107N3O20. The lowest BCUT2D eigenvalue weighted by atomic mass is 9.83. The van der Waals surface area contributed by atoms with Gasteiger partial charge in [0.1, 0.15) is 24.7 Å². The molecule has 2 heterocycles. The fourth-order valence-electron chi connectivity index (χ4n) is 10.9. The number of carboxylic acid groups (broad SMARTS) is 1. The van der Waals surface area contributed by atoms with Gasteiger partial charge in [-0.05, 0) is 102 Å². The molecule has 23 nitrogen and oxygen atoms in total. The number of unbranched alkanes of at least 4 members (excludes halogenated alkanes) is 3. The number of carboxylic acids is 1. The molecule has 0 unspecified atom stereocenters. The highest BCUT2D eigenvalue weighted by molar-refractivity contribution is 5.90. The third-order valence-electron chi connectivity index (χ3n) is 17.0. The van der Waals surface area contributed by atoms with Crippen molar-refractivity contribution in [2.45, 2.75) is 262 Å². The Bertz CT molecular complexity index is 2110. The van der Waals surface area contributed by atoms with E-state index in [1.807, 2.05) is 20.8 Å². The number of allylic oxidation sites excluding steroid dienone is 4. The van der Waals surface area contributed by atoms with E-state index < -0.39 is 170 Å². The topological polar surface area (TPSA) is 427 Å². The normalized spacial score (nSPS) is 39.8. The zero-order valence-electron chi connectivity index (χ0n) is 51.0. The standard InChI is InChI=1S/C61H107N3O20/c1-33(16-12-10-11-15-23-64-60(62)63)24-37(5)57-36(4)17-13-14-18-46(67)38(6)49(70)27-43(66)25-42(65)26-44(82-55(77)31-54(75)76)28-45-29-52(73)58(79)61(81,84-45)32-53(74)34(2)19-21-47(68)39(7)50(71)30-51(72)40(8)48(69)22-20-35(3)56(78)41(9)59(80)83-57/h13-14,16-18,20,34,36-53,56-58,65-74,78-79,81H,10-12,15,19,21-32H2,1-9H3,(H,75,76)(H4,62,63,64)/b17-13+,18-14+,33-16+,35-20+/t34-,36+,37-,38-,39+,40+,41+,42-,43+,44+,45-,46-,47-,48-,49-,50-,51-,52+,53-,56+,57+,58+,61+/m0/s1. The lowest BCUT2D eigenvalue weighted by Gasteiger charge is -2.45. The number of aliphatic hydroxyl groups excluding tert-OH is 12. The Kier molecular flexibility index (Phi) is 34.2. The van der Waals surface area contributed by atoms with Crippen LogP contribution in [-0.2, 0) is 28.6 Å². The van der Waals surface area contributed by atoms with E-state index in [2.05, 4.69) is 11.1 Å². The molecular weight excluding hydrogens is 1090 g/mol. The number of nitrogens with two attached hydrogens (primary N) is 2. The van der Waals surface area contributed by atoms with Gasteiger partial charge >= 0.3 is 17.9 Å². The Balaban J connectivity index is 2.50. The molecule has 2 aliphatic rings. The molecule has 0 saturated carbocycles. The first kappa shape index (κ1) is 76.2. The number of aliphatic hydroxyl groups is 13. The first-order valence-corrected chi connectivity index (χ1v) is 30.1. The second-order valence-corrected chi connectivity index (χ2v) is 24.6. The van der Waals surface area contributed by atoms with Crippen LogP contribution in [0.2, 0.25) is 0 Å². The number of aliphatic imine (C=N–C) groups is 1. The highest BCUT2D eigenvalue weighted by Crippen LogP contribution is 2.37. The minimum Gasteiger partial charge on any atom is -0.481 e. The van der Waals surface area contributed by atoms with E-state index in [1.165, 1.54) is 13.0 Å². The molecule has 2 bridgehead atoms. The molecule has 0 aromatic rings. The van der Waals surface area contributed by atoms with Gasteiger partial charge in [0.25, 0.3) is 0 Å². The maximum atomic E-state index is 13.9. The Labute approximate surface area is 496 Å². The number of rotatable bonds is 12. The summed E-state index contributed by atoms with van der Waals surface area (Å²) in [5, 5.41) is 154. The monoisotopic (exact) mass is 1200 g/mol. The van der Waals surface area contributed by atoms with E-state index in [4.69, 9.17) is 25.7 Å². The van der Waals surface area contributed by atoms with Gasteiger partial charge < -0.3 is 97.2 Å². The zero-order valence-corrected chi connectivity index (χ0v) is 51.0. The Morgan fingerprint density at radius 3 is 1.99 bits per heavy atom. The van der Waals surface area contributed by atoms with E-state index in [-0.39, 0.29) is 63.2 Å². The highest BCUT2D eigenvalue weighted by Gasteiger charge is 2.50. The van der Waals surface area contributed by atoms with Crippen molar-refractivity contribution in [1.82, 2.24) is 0 Å². The number of aliphatic carboxylic acids is 1. The highest BCUT2D eigenvalue weighted by atomic mass is 16.7. The third-order valence-corrected chi connectivity index (χ3v) is 17.0. The van der Waals surface area contributed by atoms with E-state index >= 15 is 0 Å². The molecule has 23 atom stereocenters. The first-order valence-electron chi connectivity index (χ1n) is 30.1. The Hall–Kier alpha value is -3.92. The van der Waals surface area contributed by atoms with Gasteiger partial charge in [0, 0.05) is 55.9 Å². The van der Waals surface area contributed by atoms with Crippen LogP contribution in [-0.4, -0.2) is 199 Å². The average molecular weight is 1200 g/mol. The number of nitrogens with zero attached hydrogens (tertiary/aromatic N) is 1. The number of carbonyl (C=O) groups excluding carboxylic acids is 2. The van der Waals surface area contributed by atoms with Crippen LogP contribution < -0.4 is 11.5 Å². The van der Waals surface area contributed by atoms with Gasteiger partial charge in [0.05, 0.1) is 79.2 Å². The maximum absolute atomic E-state index is 13.9. The van der Waals surface area contributed by atoms with Gasteiger partial charge in [-0.2, -0.15) is 0 Å². The molecule has 18 N–H and O–H groups in total. The van der Waals surface area contributed by atoms with Crippen LogP contribution in [0.25, 0.3) is 0 Å². The lowest BCUT2D eigenvalue weighted by Crippen LogP contribution is -2.60. The summed E-state index contributed by atoms with van der Waals surface area (Å²) in [5.41, 5.74) is 12.3. The summed E-state index contributed by atoms with van der Waals surface area (Å²) in [7, 11) is 0. The summed E-state index contributed by atoms with van der Waals surface area (Å²) in [5.74, 6) is -10.6. The summed E-state index contributed by atoms with van der Waals surface area (Å²) >= 11 is 0. The molecule has 0 aromatic carbocycles. The van der Waals surface area contributed by atoms with Crippen LogP contribution in [0.1, 0.15) is 165 Å². The van der Waals surface area contributed by atoms with Gasteiger partial charge in [0.2, 0.25) is 0 Å². The summed E-state index contributed by atoms with van der Waals surface area (Å²) in [6, 6.07) is 0. The molecule has 0 aliphatic carbocycles. The van der Waals surface area contributed by atoms with Gasteiger partial charge in [-0.25, -0.2) is 0 Å². The second-order valence-electron chi connectivity index (χ2n) is 24.6. The van der Waals surface area contributed by atoms with Crippen molar-refractivity contribution >= 4 is 23.9 Å².